The Kier molecular flexibility index (Phi) is 1.97. The maximum atomic E-state index is 5.96. The molecule has 5 heteroatoms. The minimum Gasteiger partial charge on any atom is -0.319 e. The highest BCUT2D eigenvalue weighted by Gasteiger charge is 2.21. The van der Waals surface area contributed by atoms with Gasteiger partial charge < -0.3 is 5.73 Å². The van der Waals surface area contributed by atoms with Crippen molar-refractivity contribution in [1.82, 2.24) is 14.6 Å². The molecule has 2 aromatic rings. The van der Waals surface area contributed by atoms with Gasteiger partial charge in [0, 0.05) is 6.20 Å². The van der Waals surface area contributed by atoms with Gasteiger partial charge in [0.1, 0.15) is 0 Å². The first kappa shape index (κ1) is 9.43. The van der Waals surface area contributed by atoms with Crippen LogP contribution in [-0.2, 0) is 5.54 Å². The topological polar surface area (TPSA) is 56.2 Å². The van der Waals surface area contributed by atoms with E-state index in [-0.39, 0.29) is 0 Å². The molecule has 0 saturated carbocycles. The van der Waals surface area contributed by atoms with Crippen LogP contribution in [0.3, 0.4) is 0 Å². The lowest BCUT2D eigenvalue weighted by molar-refractivity contribution is 0.508. The van der Waals surface area contributed by atoms with Gasteiger partial charge in [-0.1, -0.05) is 11.6 Å². The number of rotatable bonds is 1. The van der Waals surface area contributed by atoms with Crippen LogP contribution in [-0.4, -0.2) is 14.6 Å². The van der Waals surface area contributed by atoms with E-state index in [0.29, 0.717) is 16.5 Å². The van der Waals surface area contributed by atoms with E-state index in [1.54, 1.807) is 6.07 Å². The summed E-state index contributed by atoms with van der Waals surface area (Å²) in [5, 5.41) is 8.60. The molecular weight excluding hydrogens is 200 g/mol. The summed E-state index contributed by atoms with van der Waals surface area (Å²) in [7, 11) is 0. The minimum atomic E-state index is -0.524. The maximum Gasteiger partial charge on any atom is 0.179 e. The van der Waals surface area contributed by atoms with Crippen molar-refractivity contribution in [1.29, 1.82) is 0 Å². The molecule has 2 rings (SSSR count). The fourth-order valence-corrected chi connectivity index (χ4v) is 1.52. The predicted octanol–water partition coefficient (Wildman–Crippen LogP) is 1.58. The van der Waals surface area contributed by atoms with Gasteiger partial charge in [0.25, 0.3) is 0 Å². The van der Waals surface area contributed by atoms with Crippen LogP contribution < -0.4 is 5.73 Å². The Hall–Kier alpha value is -1.13. The van der Waals surface area contributed by atoms with E-state index in [1.807, 2.05) is 30.5 Å². The van der Waals surface area contributed by atoms with Crippen LogP contribution >= 0.6 is 11.6 Å². The number of pyridine rings is 1. The number of hydrogen-bond donors (Lipinski definition) is 1. The summed E-state index contributed by atoms with van der Waals surface area (Å²) in [6, 6.07) is 3.62. The molecule has 0 aromatic carbocycles. The highest BCUT2D eigenvalue weighted by Crippen LogP contribution is 2.20. The number of hydrogen-bond acceptors (Lipinski definition) is 3. The Balaban J connectivity index is 2.76. The Bertz CT molecular complexity index is 469. The normalized spacial score (nSPS) is 12.3. The molecule has 2 heterocycles. The van der Waals surface area contributed by atoms with Crippen LogP contribution in [0, 0.1) is 0 Å². The Morgan fingerprint density at radius 1 is 1.43 bits per heavy atom. The molecule has 14 heavy (non-hydrogen) atoms. The molecule has 2 N–H and O–H groups in total. The molecule has 4 nitrogen and oxygen atoms in total. The summed E-state index contributed by atoms with van der Waals surface area (Å²) in [6.07, 6.45) is 1.85. The molecule has 0 saturated heterocycles. The molecule has 0 amide bonds. The van der Waals surface area contributed by atoms with Gasteiger partial charge in [-0.25, -0.2) is 0 Å². The second kappa shape index (κ2) is 2.93. The Morgan fingerprint density at radius 3 is 2.79 bits per heavy atom. The third-order valence-electron chi connectivity index (χ3n) is 1.96. The maximum absolute atomic E-state index is 5.96. The lowest BCUT2D eigenvalue weighted by Crippen LogP contribution is -2.31. The molecule has 2 aromatic heterocycles. The van der Waals surface area contributed by atoms with Gasteiger partial charge in [0.05, 0.1) is 10.6 Å². The molecule has 0 radical (unpaired) electrons. The third kappa shape index (κ3) is 1.36. The van der Waals surface area contributed by atoms with Crippen molar-refractivity contribution >= 4 is 17.2 Å². The molecule has 0 aliphatic carbocycles. The number of aromatic nitrogens is 3. The smallest absolute Gasteiger partial charge is 0.179 e. The van der Waals surface area contributed by atoms with Gasteiger partial charge in [-0.3, -0.25) is 4.40 Å². The summed E-state index contributed by atoms with van der Waals surface area (Å²) >= 11 is 5.96. The summed E-state index contributed by atoms with van der Waals surface area (Å²) in [6.45, 7) is 3.76. The summed E-state index contributed by atoms with van der Waals surface area (Å²) in [5.41, 5.74) is 6.07. The molecule has 0 aliphatic rings. The molecule has 0 spiro atoms. The lowest BCUT2D eigenvalue weighted by Gasteiger charge is -2.15. The van der Waals surface area contributed by atoms with Crippen LogP contribution in [0.1, 0.15) is 19.7 Å². The molecule has 0 atom stereocenters. The van der Waals surface area contributed by atoms with Crippen molar-refractivity contribution in [2.75, 3.05) is 0 Å². The molecule has 0 aliphatic heterocycles. The van der Waals surface area contributed by atoms with E-state index in [4.69, 9.17) is 17.3 Å². The van der Waals surface area contributed by atoms with Crippen molar-refractivity contribution in [3.8, 4) is 0 Å². The van der Waals surface area contributed by atoms with Gasteiger partial charge in [0.2, 0.25) is 0 Å². The van der Waals surface area contributed by atoms with Crippen molar-refractivity contribution in [2.24, 2.45) is 5.73 Å². The van der Waals surface area contributed by atoms with E-state index in [1.165, 1.54) is 0 Å². The SMILES string of the molecule is CC(C)(N)c1nnc2c(Cl)cccn12. The summed E-state index contributed by atoms with van der Waals surface area (Å²) in [5.74, 6) is 0.704. The molecule has 0 unspecified atom stereocenters. The van der Waals surface area contributed by atoms with E-state index >= 15 is 0 Å². The van der Waals surface area contributed by atoms with Gasteiger partial charge in [-0.2, -0.15) is 0 Å². The van der Waals surface area contributed by atoms with Crippen molar-refractivity contribution < 1.29 is 0 Å². The summed E-state index contributed by atoms with van der Waals surface area (Å²) in [4.78, 5) is 0. The standard InChI is InChI=1S/C9H11ClN4/c1-9(2,11)8-13-12-7-6(10)4-3-5-14(7)8/h3-5H,11H2,1-2H3. The monoisotopic (exact) mass is 210 g/mol. The zero-order valence-corrected chi connectivity index (χ0v) is 8.78. The van der Waals surface area contributed by atoms with Gasteiger partial charge in [-0.15, -0.1) is 10.2 Å². The molecule has 74 valence electrons. The first-order valence-electron chi connectivity index (χ1n) is 4.29. The van der Waals surface area contributed by atoms with Gasteiger partial charge in [-0.05, 0) is 26.0 Å². The number of nitrogens with zero attached hydrogens (tertiary/aromatic N) is 3. The van der Waals surface area contributed by atoms with Crippen molar-refractivity contribution in [3.05, 3.63) is 29.2 Å². The fourth-order valence-electron chi connectivity index (χ4n) is 1.32. The third-order valence-corrected chi connectivity index (χ3v) is 2.26. The van der Waals surface area contributed by atoms with Gasteiger partial charge >= 0.3 is 0 Å². The number of fused-ring (bicyclic) bond motifs is 1. The van der Waals surface area contributed by atoms with Gasteiger partial charge in [0.15, 0.2) is 11.5 Å². The Morgan fingerprint density at radius 2 is 2.14 bits per heavy atom. The van der Waals surface area contributed by atoms with E-state index < -0.39 is 5.54 Å². The zero-order valence-electron chi connectivity index (χ0n) is 8.03. The summed E-state index contributed by atoms with van der Waals surface area (Å²) < 4.78 is 1.81. The van der Waals surface area contributed by atoms with E-state index in [2.05, 4.69) is 10.2 Å². The predicted molar refractivity (Wildman–Crippen MR) is 55.2 cm³/mol. The quantitative estimate of drug-likeness (QED) is 0.778. The number of nitrogens with two attached hydrogens (primary N) is 1. The van der Waals surface area contributed by atoms with Crippen molar-refractivity contribution in [3.63, 3.8) is 0 Å². The minimum absolute atomic E-state index is 0.524. The molecule has 0 bridgehead atoms. The Labute approximate surface area is 86.7 Å². The van der Waals surface area contributed by atoms with E-state index in [0.717, 1.165) is 0 Å². The largest absolute Gasteiger partial charge is 0.319 e. The second-order valence-corrected chi connectivity index (χ2v) is 4.20. The van der Waals surface area contributed by atoms with Crippen molar-refractivity contribution in [2.45, 2.75) is 19.4 Å². The first-order valence-corrected chi connectivity index (χ1v) is 4.66. The fraction of sp³-hybridized carbons (Fsp3) is 0.333. The van der Waals surface area contributed by atoms with Crippen LogP contribution in [0.15, 0.2) is 18.3 Å². The average molecular weight is 211 g/mol. The molecule has 0 fully saturated rings. The second-order valence-electron chi connectivity index (χ2n) is 3.80. The van der Waals surface area contributed by atoms with Crippen LogP contribution in [0.5, 0.6) is 0 Å². The van der Waals surface area contributed by atoms with Crippen LogP contribution in [0.25, 0.3) is 5.65 Å². The molecular formula is C9H11ClN4. The number of halogens is 1. The zero-order chi connectivity index (χ0) is 10.3. The van der Waals surface area contributed by atoms with E-state index in [9.17, 15) is 0 Å². The lowest BCUT2D eigenvalue weighted by atomic mass is 10.1. The average Bonchev–Trinajstić information content (AvgIpc) is 2.47. The first-order chi connectivity index (χ1) is 6.50. The van der Waals surface area contributed by atoms with Crippen LogP contribution in [0.4, 0.5) is 0 Å². The highest BCUT2D eigenvalue weighted by molar-refractivity contribution is 6.33. The highest BCUT2D eigenvalue weighted by atomic mass is 35.5. The van der Waals surface area contributed by atoms with Crippen LogP contribution in [0.2, 0.25) is 5.02 Å².